The first-order valence-corrected chi connectivity index (χ1v) is 10.1. The fourth-order valence-corrected chi connectivity index (χ4v) is 3.84. The number of rotatable bonds is 4. The highest BCUT2D eigenvalue weighted by Crippen LogP contribution is 2.38. The van der Waals surface area contributed by atoms with Crippen LogP contribution in [0.2, 0.25) is 10.0 Å². The summed E-state index contributed by atoms with van der Waals surface area (Å²) < 4.78 is 0. The maximum atomic E-state index is 13.6. The molecule has 3 aromatic carbocycles. The van der Waals surface area contributed by atoms with E-state index in [1.54, 1.807) is 61.3 Å². The topological polar surface area (TPSA) is 40.6 Å². The lowest BCUT2D eigenvalue weighted by molar-refractivity contribution is -0.120. The minimum atomic E-state index is -0.401. The minimum absolute atomic E-state index is 0.299. The number of amides is 2. The van der Waals surface area contributed by atoms with Crippen LogP contribution in [-0.2, 0) is 9.59 Å². The van der Waals surface area contributed by atoms with Crippen LogP contribution >= 0.6 is 23.2 Å². The van der Waals surface area contributed by atoms with Gasteiger partial charge in [-0.1, -0.05) is 59.6 Å². The molecule has 0 aromatic heterocycles. The van der Waals surface area contributed by atoms with Crippen molar-refractivity contribution in [3.8, 4) is 0 Å². The molecule has 0 N–H and O–H groups in total. The van der Waals surface area contributed by atoms with E-state index in [2.05, 4.69) is 0 Å². The van der Waals surface area contributed by atoms with Gasteiger partial charge in [-0.25, -0.2) is 4.90 Å². The second-order valence-corrected chi connectivity index (χ2v) is 7.80. The molecule has 0 fully saturated rings. The predicted molar refractivity (Wildman–Crippen MR) is 122 cm³/mol. The Morgan fingerprint density at radius 1 is 0.800 bits per heavy atom. The van der Waals surface area contributed by atoms with E-state index in [-0.39, 0.29) is 0 Å². The molecule has 6 heteroatoms. The first-order chi connectivity index (χ1) is 14.4. The molecule has 0 aliphatic carbocycles. The largest absolute Gasteiger partial charge is 0.339 e. The van der Waals surface area contributed by atoms with Crippen molar-refractivity contribution < 1.29 is 9.59 Å². The molecule has 4 nitrogen and oxygen atoms in total. The standard InChI is InChI=1S/C24H18Cl2N2O2/c1-15-19(26)9-6-10-20(15)28-23(29)21(16-11-13-17(25)14-12-16)22(24(28)30)27(2)18-7-4-3-5-8-18/h3-14H,1-2H3. The summed E-state index contributed by atoms with van der Waals surface area (Å²) in [5, 5.41) is 1.04. The Labute approximate surface area is 184 Å². The molecule has 0 unspecified atom stereocenters. The Morgan fingerprint density at radius 3 is 2.13 bits per heavy atom. The van der Waals surface area contributed by atoms with E-state index in [1.807, 2.05) is 30.3 Å². The normalized spacial score (nSPS) is 13.9. The molecule has 0 spiro atoms. The number of carbonyl (C=O) groups is 2. The molecular weight excluding hydrogens is 419 g/mol. The maximum absolute atomic E-state index is 13.6. The smallest absolute Gasteiger partial charge is 0.282 e. The molecule has 3 aromatic rings. The van der Waals surface area contributed by atoms with Crippen LogP contribution in [-0.4, -0.2) is 18.9 Å². The monoisotopic (exact) mass is 436 g/mol. The molecule has 150 valence electrons. The zero-order valence-electron chi connectivity index (χ0n) is 16.4. The number of benzene rings is 3. The summed E-state index contributed by atoms with van der Waals surface area (Å²) in [6.07, 6.45) is 0. The molecule has 0 atom stereocenters. The zero-order chi connectivity index (χ0) is 21.4. The SMILES string of the molecule is Cc1c(Cl)cccc1N1C(=O)C(c2ccc(Cl)cc2)=C(N(C)c2ccccc2)C1=O. The number of hydrogen-bond donors (Lipinski definition) is 0. The first kappa shape index (κ1) is 20.2. The van der Waals surface area contributed by atoms with Gasteiger partial charge in [0.15, 0.2) is 0 Å². The summed E-state index contributed by atoms with van der Waals surface area (Å²) in [4.78, 5) is 30.1. The molecule has 4 rings (SSSR count). The van der Waals surface area contributed by atoms with Crippen LogP contribution in [0.4, 0.5) is 11.4 Å². The number of carbonyl (C=O) groups excluding carboxylic acids is 2. The van der Waals surface area contributed by atoms with Gasteiger partial charge >= 0.3 is 0 Å². The highest BCUT2D eigenvalue weighted by molar-refractivity contribution is 6.47. The lowest BCUT2D eigenvalue weighted by atomic mass is 10.0. The molecule has 2 amide bonds. The Bertz CT molecular complexity index is 1170. The van der Waals surface area contributed by atoms with Crippen molar-refractivity contribution in [1.82, 2.24) is 0 Å². The van der Waals surface area contributed by atoms with Gasteiger partial charge < -0.3 is 4.90 Å². The molecular formula is C24H18Cl2N2O2. The lowest BCUT2D eigenvalue weighted by Crippen LogP contribution is -2.34. The molecule has 0 bridgehead atoms. The summed E-state index contributed by atoms with van der Waals surface area (Å²) in [5.41, 5.74) is 3.18. The molecule has 1 heterocycles. The second kappa shape index (κ2) is 7.98. The molecule has 0 saturated carbocycles. The number of halogens is 2. The number of nitrogens with zero attached hydrogens (tertiary/aromatic N) is 2. The fourth-order valence-electron chi connectivity index (χ4n) is 3.54. The van der Waals surface area contributed by atoms with Crippen molar-refractivity contribution in [2.24, 2.45) is 0 Å². The van der Waals surface area contributed by atoms with Crippen LogP contribution in [0.25, 0.3) is 5.57 Å². The Hall–Kier alpha value is -3.08. The number of likely N-dealkylation sites (N-methyl/N-ethyl adjacent to an activating group) is 1. The fraction of sp³-hybridized carbons (Fsp3) is 0.0833. The van der Waals surface area contributed by atoms with E-state index in [0.29, 0.717) is 38.1 Å². The van der Waals surface area contributed by atoms with Crippen LogP contribution < -0.4 is 9.80 Å². The highest BCUT2D eigenvalue weighted by atomic mass is 35.5. The van der Waals surface area contributed by atoms with Gasteiger partial charge in [0.2, 0.25) is 0 Å². The third-order valence-corrected chi connectivity index (χ3v) is 5.81. The Balaban J connectivity index is 1.91. The molecule has 0 saturated heterocycles. The van der Waals surface area contributed by atoms with Crippen LogP contribution in [0.1, 0.15) is 11.1 Å². The predicted octanol–water partition coefficient (Wildman–Crippen LogP) is 5.72. The molecule has 1 aliphatic heterocycles. The van der Waals surface area contributed by atoms with Gasteiger partial charge in [-0.3, -0.25) is 9.59 Å². The second-order valence-electron chi connectivity index (χ2n) is 6.95. The summed E-state index contributed by atoms with van der Waals surface area (Å²) in [7, 11) is 1.78. The number of para-hydroxylation sites is 1. The molecule has 0 radical (unpaired) electrons. The van der Waals surface area contributed by atoms with E-state index < -0.39 is 11.8 Å². The average molecular weight is 437 g/mol. The number of imide groups is 1. The highest BCUT2D eigenvalue weighted by Gasteiger charge is 2.42. The lowest BCUT2D eigenvalue weighted by Gasteiger charge is -2.22. The van der Waals surface area contributed by atoms with E-state index >= 15 is 0 Å². The van der Waals surface area contributed by atoms with E-state index in [1.165, 1.54) is 4.90 Å². The van der Waals surface area contributed by atoms with Crippen molar-refractivity contribution in [3.05, 3.63) is 99.7 Å². The zero-order valence-corrected chi connectivity index (χ0v) is 17.9. The summed E-state index contributed by atoms with van der Waals surface area (Å²) in [5.74, 6) is -0.799. The van der Waals surface area contributed by atoms with Crippen molar-refractivity contribution in [2.75, 3.05) is 16.8 Å². The van der Waals surface area contributed by atoms with Gasteiger partial charge in [-0.15, -0.1) is 0 Å². The molecule has 30 heavy (non-hydrogen) atoms. The third kappa shape index (κ3) is 3.38. The first-order valence-electron chi connectivity index (χ1n) is 9.33. The molecule has 1 aliphatic rings. The van der Waals surface area contributed by atoms with Gasteiger partial charge in [0.1, 0.15) is 5.70 Å². The van der Waals surface area contributed by atoms with Gasteiger partial charge in [0.05, 0.1) is 11.3 Å². The van der Waals surface area contributed by atoms with Crippen molar-refractivity contribution in [2.45, 2.75) is 6.92 Å². The number of anilines is 2. The third-order valence-electron chi connectivity index (χ3n) is 5.15. The quantitative estimate of drug-likeness (QED) is 0.490. The minimum Gasteiger partial charge on any atom is -0.339 e. The van der Waals surface area contributed by atoms with Crippen LogP contribution in [0, 0.1) is 6.92 Å². The van der Waals surface area contributed by atoms with Crippen LogP contribution in [0.15, 0.2) is 78.5 Å². The summed E-state index contributed by atoms with van der Waals surface area (Å²) in [6, 6.07) is 21.5. The van der Waals surface area contributed by atoms with Crippen LogP contribution in [0.5, 0.6) is 0 Å². The summed E-state index contributed by atoms with van der Waals surface area (Å²) in [6.45, 7) is 1.79. The summed E-state index contributed by atoms with van der Waals surface area (Å²) >= 11 is 12.3. The Morgan fingerprint density at radius 2 is 1.47 bits per heavy atom. The van der Waals surface area contributed by atoms with E-state index in [4.69, 9.17) is 23.2 Å². The van der Waals surface area contributed by atoms with Gasteiger partial charge in [-0.05, 0) is 54.4 Å². The van der Waals surface area contributed by atoms with Gasteiger partial charge in [0, 0.05) is 22.8 Å². The van der Waals surface area contributed by atoms with E-state index in [0.717, 1.165) is 5.69 Å². The van der Waals surface area contributed by atoms with Crippen LogP contribution in [0.3, 0.4) is 0 Å². The Kier molecular flexibility index (Phi) is 5.37. The van der Waals surface area contributed by atoms with Crippen molar-refractivity contribution >= 4 is 52.0 Å². The van der Waals surface area contributed by atoms with Gasteiger partial charge in [-0.2, -0.15) is 0 Å². The maximum Gasteiger partial charge on any atom is 0.282 e. The van der Waals surface area contributed by atoms with E-state index in [9.17, 15) is 9.59 Å². The average Bonchev–Trinajstić information content (AvgIpc) is 3.01. The van der Waals surface area contributed by atoms with Gasteiger partial charge in [0.25, 0.3) is 11.8 Å². The van der Waals surface area contributed by atoms with Crippen molar-refractivity contribution in [1.29, 1.82) is 0 Å². The van der Waals surface area contributed by atoms with Crippen molar-refractivity contribution in [3.63, 3.8) is 0 Å². The number of hydrogen-bond acceptors (Lipinski definition) is 3.